The zero-order valence-electron chi connectivity index (χ0n) is 13.6. The third-order valence-electron chi connectivity index (χ3n) is 4.99. The quantitative estimate of drug-likeness (QED) is 0.832. The van der Waals surface area contributed by atoms with Crippen LogP contribution in [-0.2, 0) is 17.5 Å². The molecule has 22 heavy (non-hydrogen) atoms. The largest absolute Gasteiger partial charge is 0.294 e. The van der Waals surface area contributed by atoms with Gasteiger partial charge in [-0.15, -0.1) is 0 Å². The van der Waals surface area contributed by atoms with Crippen LogP contribution in [0.4, 0.5) is 0 Å². The lowest BCUT2D eigenvalue weighted by Gasteiger charge is -2.32. The molecule has 3 nitrogen and oxygen atoms in total. The maximum atomic E-state index is 12.5. The average Bonchev–Trinajstić information content (AvgIpc) is 2.86. The molecule has 0 bridgehead atoms. The molecule has 4 heteroatoms. The topological polar surface area (TPSA) is 23.6 Å². The molecule has 0 amide bonds. The van der Waals surface area contributed by atoms with E-state index in [9.17, 15) is 4.21 Å². The normalized spacial score (nSPS) is 28.2. The molecule has 3 atom stereocenters. The van der Waals surface area contributed by atoms with Crippen molar-refractivity contribution in [3.63, 3.8) is 0 Å². The zero-order chi connectivity index (χ0) is 15.4. The van der Waals surface area contributed by atoms with Crippen LogP contribution < -0.4 is 0 Å². The van der Waals surface area contributed by atoms with E-state index in [0.29, 0.717) is 12.1 Å². The van der Waals surface area contributed by atoms with Gasteiger partial charge in [0, 0.05) is 30.9 Å². The Labute approximate surface area is 137 Å². The van der Waals surface area contributed by atoms with Crippen LogP contribution in [0.2, 0.25) is 0 Å². The van der Waals surface area contributed by atoms with Gasteiger partial charge in [0.15, 0.2) is 0 Å². The van der Waals surface area contributed by atoms with Crippen molar-refractivity contribution in [2.75, 3.05) is 18.8 Å². The number of nitrogens with zero attached hydrogens (tertiary/aromatic N) is 2. The van der Waals surface area contributed by atoms with Crippen molar-refractivity contribution in [1.82, 2.24) is 9.21 Å². The highest BCUT2D eigenvalue weighted by atomic mass is 32.2. The Kier molecular flexibility index (Phi) is 5.66. The van der Waals surface area contributed by atoms with Crippen LogP contribution in [0.25, 0.3) is 0 Å². The first-order chi connectivity index (χ1) is 10.8. The summed E-state index contributed by atoms with van der Waals surface area (Å²) in [6, 6.07) is 11.9. The van der Waals surface area contributed by atoms with Crippen molar-refractivity contribution in [3.8, 4) is 0 Å². The molecular formula is C18H28N2OS. The lowest BCUT2D eigenvalue weighted by molar-refractivity contribution is 0.174. The fourth-order valence-electron chi connectivity index (χ4n) is 3.97. The summed E-state index contributed by atoms with van der Waals surface area (Å²) in [4.78, 5) is 2.65. The Hall–Kier alpha value is -0.710. The van der Waals surface area contributed by atoms with Crippen LogP contribution in [0.1, 0.15) is 44.6 Å². The number of hydrogen-bond donors (Lipinski definition) is 0. The summed E-state index contributed by atoms with van der Waals surface area (Å²) < 4.78 is 14.8. The SMILES string of the molecule is CCCS(=O)N1CCC2C1CCCCN2Cc1ccccc1. The van der Waals surface area contributed by atoms with E-state index < -0.39 is 11.0 Å². The second kappa shape index (κ2) is 7.71. The van der Waals surface area contributed by atoms with E-state index in [4.69, 9.17) is 0 Å². The van der Waals surface area contributed by atoms with Crippen molar-refractivity contribution < 1.29 is 4.21 Å². The van der Waals surface area contributed by atoms with Gasteiger partial charge in [0.05, 0.1) is 11.0 Å². The van der Waals surface area contributed by atoms with Crippen molar-refractivity contribution in [2.45, 2.75) is 57.7 Å². The number of fused-ring (bicyclic) bond motifs is 1. The predicted octanol–water partition coefficient (Wildman–Crippen LogP) is 3.19. The standard InChI is InChI=1S/C18H28N2OS/c1-2-14-22(21)20-13-11-17-18(20)10-6-7-12-19(17)15-16-8-4-3-5-9-16/h3-5,8-9,17-18H,2,6-7,10-15H2,1H3. The monoisotopic (exact) mass is 320 g/mol. The van der Waals surface area contributed by atoms with Crippen LogP contribution in [0.3, 0.4) is 0 Å². The number of rotatable bonds is 5. The highest BCUT2D eigenvalue weighted by molar-refractivity contribution is 7.82. The van der Waals surface area contributed by atoms with Gasteiger partial charge in [0.2, 0.25) is 0 Å². The molecule has 0 aromatic heterocycles. The summed E-state index contributed by atoms with van der Waals surface area (Å²) in [7, 11) is -0.776. The second-order valence-electron chi connectivity index (χ2n) is 6.54. The van der Waals surface area contributed by atoms with Crippen LogP contribution >= 0.6 is 0 Å². The summed E-state index contributed by atoms with van der Waals surface area (Å²) in [5.74, 6) is 0.821. The van der Waals surface area contributed by atoms with E-state index in [1.54, 1.807) is 0 Å². The van der Waals surface area contributed by atoms with Gasteiger partial charge in [-0.25, -0.2) is 8.51 Å². The molecule has 0 N–H and O–H groups in total. The Bertz CT molecular complexity index is 493. The predicted molar refractivity (Wildman–Crippen MR) is 92.9 cm³/mol. The molecule has 2 saturated heterocycles. The molecule has 2 heterocycles. The second-order valence-corrected chi connectivity index (χ2v) is 8.06. The van der Waals surface area contributed by atoms with Crippen molar-refractivity contribution in [2.24, 2.45) is 0 Å². The molecule has 3 unspecified atom stereocenters. The maximum Gasteiger partial charge on any atom is 0.0945 e. The van der Waals surface area contributed by atoms with Gasteiger partial charge in [-0.1, -0.05) is 43.7 Å². The zero-order valence-corrected chi connectivity index (χ0v) is 14.4. The van der Waals surface area contributed by atoms with Crippen molar-refractivity contribution in [3.05, 3.63) is 35.9 Å². The van der Waals surface area contributed by atoms with Crippen molar-refractivity contribution >= 4 is 11.0 Å². The Morgan fingerprint density at radius 2 is 1.91 bits per heavy atom. The molecule has 0 spiro atoms. The number of benzene rings is 1. The van der Waals surface area contributed by atoms with Gasteiger partial charge >= 0.3 is 0 Å². The van der Waals surface area contributed by atoms with Crippen LogP contribution in [-0.4, -0.2) is 44.3 Å². The summed E-state index contributed by atoms with van der Waals surface area (Å²) in [6.07, 6.45) is 5.94. The number of hydrogen-bond acceptors (Lipinski definition) is 2. The molecule has 2 fully saturated rings. The summed E-state index contributed by atoms with van der Waals surface area (Å²) in [5, 5.41) is 0. The lowest BCUT2D eigenvalue weighted by atomic mass is 10.0. The molecule has 0 aliphatic carbocycles. The maximum absolute atomic E-state index is 12.5. The molecular weight excluding hydrogens is 292 g/mol. The third kappa shape index (κ3) is 3.61. The van der Waals surface area contributed by atoms with E-state index in [-0.39, 0.29) is 0 Å². The van der Waals surface area contributed by atoms with Gasteiger partial charge in [-0.3, -0.25) is 4.90 Å². The van der Waals surface area contributed by atoms with Gasteiger partial charge < -0.3 is 0 Å². The van der Waals surface area contributed by atoms with Crippen molar-refractivity contribution in [1.29, 1.82) is 0 Å². The summed E-state index contributed by atoms with van der Waals surface area (Å²) in [6.45, 7) is 5.36. The lowest BCUT2D eigenvalue weighted by Crippen LogP contribution is -2.44. The molecule has 3 rings (SSSR count). The van der Waals surface area contributed by atoms with E-state index >= 15 is 0 Å². The highest BCUT2D eigenvalue weighted by Gasteiger charge is 2.40. The average molecular weight is 321 g/mol. The smallest absolute Gasteiger partial charge is 0.0945 e. The Morgan fingerprint density at radius 1 is 1.09 bits per heavy atom. The van der Waals surface area contributed by atoms with E-state index in [1.807, 2.05) is 0 Å². The van der Waals surface area contributed by atoms with Gasteiger partial charge in [-0.05, 0) is 37.8 Å². The third-order valence-corrected chi connectivity index (χ3v) is 6.73. The minimum Gasteiger partial charge on any atom is -0.294 e. The van der Waals surface area contributed by atoms with Crippen LogP contribution in [0, 0.1) is 0 Å². The minimum atomic E-state index is -0.776. The van der Waals surface area contributed by atoms with Gasteiger partial charge in [-0.2, -0.15) is 0 Å². The fourth-order valence-corrected chi connectivity index (χ4v) is 5.41. The summed E-state index contributed by atoms with van der Waals surface area (Å²) in [5.41, 5.74) is 1.40. The molecule has 0 radical (unpaired) electrons. The summed E-state index contributed by atoms with van der Waals surface area (Å²) >= 11 is 0. The number of likely N-dealkylation sites (tertiary alicyclic amines) is 1. The fraction of sp³-hybridized carbons (Fsp3) is 0.667. The van der Waals surface area contributed by atoms with E-state index in [0.717, 1.165) is 25.3 Å². The van der Waals surface area contributed by atoms with E-state index in [2.05, 4.69) is 46.5 Å². The van der Waals surface area contributed by atoms with Gasteiger partial charge in [0.25, 0.3) is 0 Å². The first-order valence-electron chi connectivity index (χ1n) is 8.72. The van der Waals surface area contributed by atoms with Gasteiger partial charge in [0.1, 0.15) is 0 Å². The first-order valence-corrected chi connectivity index (χ1v) is 10.0. The molecule has 1 aromatic carbocycles. The highest BCUT2D eigenvalue weighted by Crippen LogP contribution is 2.32. The molecule has 1 aromatic rings. The molecule has 2 aliphatic heterocycles. The van der Waals surface area contributed by atoms with E-state index in [1.165, 1.54) is 37.8 Å². The molecule has 0 saturated carbocycles. The van der Waals surface area contributed by atoms with Crippen LogP contribution in [0.15, 0.2) is 30.3 Å². The van der Waals surface area contributed by atoms with Crippen LogP contribution in [0.5, 0.6) is 0 Å². The first kappa shape index (κ1) is 16.2. The Morgan fingerprint density at radius 3 is 2.68 bits per heavy atom. The minimum absolute atomic E-state index is 0.499. The molecule has 122 valence electrons. The Balaban J connectivity index is 1.72. The molecule has 2 aliphatic rings.